The van der Waals surface area contributed by atoms with E-state index >= 15 is 0 Å². The van der Waals surface area contributed by atoms with E-state index in [0.29, 0.717) is 6.04 Å². The van der Waals surface area contributed by atoms with E-state index in [1.54, 1.807) is 0 Å². The molecule has 0 aliphatic rings. The van der Waals surface area contributed by atoms with Gasteiger partial charge in [-0.2, -0.15) is 0 Å². The molecule has 1 nitrogen and oxygen atoms in total. The second-order valence-electron chi connectivity index (χ2n) is 7.43. The van der Waals surface area contributed by atoms with E-state index in [0.717, 1.165) is 12.8 Å². The summed E-state index contributed by atoms with van der Waals surface area (Å²) in [6, 6.07) is 0.666. The molecule has 1 heteroatoms. The molecule has 0 aliphatic carbocycles. The molecule has 0 N–H and O–H groups in total. The van der Waals surface area contributed by atoms with Crippen molar-refractivity contribution in [2.24, 2.45) is 5.41 Å². The summed E-state index contributed by atoms with van der Waals surface area (Å²) in [5, 5.41) is 0. The highest BCUT2D eigenvalue weighted by atomic mass is 15.1. The van der Waals surface area contributed by atoms with E-state index in [1.165, 1.54) is 38.6 Å². The molecule has 0 saturated heterocycles. The number of nitrogens with zero attached hydrogens (tertiary/aromatic N) is 1. The van der Waals surface area contributed by atoms with Crippen molar-refractivity contribution in [3.8, 4) is 23.7 Å². The molecule has 0 aromatic rings. The molecule has 21 heavy (non-hydrogen) atoms. The summed E-state index contributed by atoms with van der Waals surface area (Å²) in [6.07, 6.45) is 8.43. The summed E-state index contributed by atoms with van der Waals surface area (Å²) in [5.74, 6) is 12.2. The average molecular weight is 290 g/mol. The van der Waals surface area contributed by atoms with Gasteiger partial charge in [0.05, 0.1) is 0 Å². The minimum atomic E-state index is 0.290. The first-order valence-corrected chi connectivity index (χ1v) is 8.49. The molecule has 0 heterocycles. The monoisotopic (exact) mass is 289 g/mol. The molecule has 0 unspecified atom stereocenters. The maximum atomic E-state index is 3.16. The first-order valence-electron chi connectivity index (χ1n) is 8.49. The molecule has 0 saturated carbocycles. The lowest BCUT2D eigenvalue weighted by Crippen LogP contribution is -2.27. The Kier molecular flexibility index (Phi) is 11.2. The molecule has 0 radical (unpaired) electrons. The van der Waals surface area contributed by atoms with E-state index in [4.69, 9.17) is 0 Å². The lowest BCUT2D eigenvalue weighted by atomic mass is 9.93. The Hall–Kier alpha value is -0.920. The van der Waals surface area contributed by atoms with Gasteiger partial charge in [0.1, 0.15) is 0 Å². The second kappa shape index (κ2) is 11.7. The smallest absolute Gasteiger partial charge is 0.0148 e. The molecule has 0 aromatic heterocycles. The zero-order valence-electron chi connectivity index (χ0n) is 15.2. The third-order valence-electron chi connectivity index (χ3n) is 3.55. The quantitative estimate of drug-likeness (QED) is 0.443. The van der Waals surface area contributed by atoms with Crippen LogP contribution in [0.25, 0.3) is 0 Å². The summed E-state index contributed by atoms with van der Waals surface area (Å²) in [4.78, 5) is 2.42. The van der Waals surface area contributed by atoms with Crippen LogP contribution in [0.5, 0.6) is 0 Å². The van der Waals surface area contributed by atoms with Crippen molar-refractivity contribution < 1.29 is 0 Å². The maximum Gasteiger partial charge on any atom is 0.0148 e. The first-order chi connectivity index (χ1) is 9.83. The van der Waals surface area contributed by atoms with Crippen LogP contribution >= 0.6 is 0 Å². The molecule has 0 spiro atoms. The number of hydrogen-bond donors (Lipinski definition) is 0. The highest BCUT2D eigenvalue weighted by Gasteiger charge is 2.06. The average Bonchev–Trinajstić information content (AvgIpc) is 2.38. The first kappa shape index (κ1) is 20.1. The highest BCUT2D eigenvalue weighted by molar-refractivity contribution is 5.26. The van der Waals surface area contributed by atoms with Crippen molar-refractivity contribution in [3.63, 3.8) is 0 Å². The van der Waals surface area contributed by atoms with Crippen molar-refractivity contribution in [2.75, 3.05) is 13.6 Å². The van der Waals surface area contributed by atoms with Crippen LogP contribution in [0, 0.1) is 29.1 Å². The van der Waals surface area contributed by atoms with Gasteiger partial charge >= 0.3 is 0 Å². The van der Waals surface area contributed by atoms with Crippen molar-refractivity contribution >= 4 is 0 Å². The third-order valence-corrected chi connectivity index (χ3v) is 3.55. The minimum absolute atomic E-state index is 0.290. The summed E-state index contributed by atoms with van der Waals surface area (Å²) in [6.45, 7) is 12.3. The van der Waals surface area contributed by atoms with Crippen molar-refractivity contribution in [2.45, 2.75) is 85.6 Å². The second-order valence-corrected chi connectivity index (χ2v) is 7.43. The van der Waals surface area contributed by atoms with Crippen LogP contribution in [-0.4, -0.2) is 24.5 Å². The fourth-order valence-corrected chi connectivity index (χ4v) is 1.82. The van der Waals surface area contributed by atoms with E-state index < -0.39 is 0 Å². The summed E-state index contributed by atoms with van der Waals surface area (Å²) < 4.78 is 0. The normalized spacial score (nSPS) is 11.0. The number of hydrogen-bond acceptors (Lipinski definition) is 1. The Bertz CT molecular complexity index is 365. The molecule has 0 atom stereocenters. The van der Waals surface area contributed by atoms with Gasteiger partial charge < -0.3 is 4.90 Å². The molecule has 0 fully saturated rings. The van der Waals surface area contributed by atoms with Gasteiger partial charge in [0.15, 0.2) is 0 Å². The number of rotatable bonds is 8. The Labute approximate surface area is 133 Å². The number of unbranched alkanes of at least 4 members (excludes halogenated alkanes) is 5. The van der Waals surface area contributed by atoms with E-state index in [-0.39, 0.29) is 5.41 Å². The molecular weight excluding hydrogens is 254 g/mol. The van der Waals surface area contributed by atoms with Gasteiger partial charge in [-0.05, 0) is 57.5 Å². The van der Waals surface area contributed by atoms with Crippen molar-refractivity contribution in [3.05, 3.63) is 0 Å². The fraction of sp³-hybridized carbons (Fsp3) is 0.800. The molecule has 0 amide bonds. The predicted octanol–water partition coefficient (Wildman–Crippen LogP) is 5.11. The maximum absolute atomic E-state index is 3.16. The Balaban J connectivity index is 3.45. The molecule has 0 bridgehead atoms. The van der Waals surface area contributed by atoms with Crippen LogP contribution in [0.3, 0.4) is 0 Å². The Morgan fingerprint density at radius 1 is 0.857 bits per heavy atom. The SMILES string of the molecule is CC(C)N(C)CCCCCCCC#CC#CCC(C)(C)C. The van der Waals surface area contributed by atoms with Gasteiger partial charge in [0, 0.05) is 18.9 Å². The highest BCUT2D eigenvalue weighted by Crippen LogP contribution is 2.16. The van der Waals surface area contributed by atoms with Crippen LogP contribution < -0.4 is 0 Å². The molecule has 0 aromatic carbocycles. The zero-order chi connectivity index (χ0) is 16.1. The molecular formula is C20H35N. The molecule has 0 rings (SSSR count). The summed E-state index contributed by atoms with van der Waals surface area (Å²) in [7, 11) is 2.21. The fourth-order valence-electron chi connectivity index (χ4n) is 1.82. The van der Waals surface area contributed by atoms with Gasteiger partial charge in [0.2, 0.25) is 0 Å². The third kappa shape index (κ3) is 15.3. The van der Waals surface area contributed by atoms with Crippen LogP contribution in [0.15, 0.2) is 0 Å². The standard InChI is InChI=1S/C20H35N/c1-19(2)21(6)18-16-14-12-10-8-7-9-11-13-15-17-20(3,4)5/h19H,7-8,10,12,14,16-18H2,1-6H3. The minimum Gasteiger partial charge on any atom is -0.304 e. The summed E-state index contributed by atoms with van der Waals surface area (Å²) >= 11 is 0. The topological polar surface area (TPSA) is 3.24 Å². The lowest BCUT2D eigenvalue weighted by molar-refractivity contribution is 0.267. The van der Waals surface area contributed by atoms with Crippen LogP contribution in [0.1, 0.15) is 79.6 Å². The Morgan fingerprint density at radius 2 is 1.43 bits per heavy atom. The van der Waals surface area contributed by atoms with E-state index in [9.17, 15) is 0 Å². The van der Waals surface area contributed by atoms with Crippen LogP contribution in [0.2, 0.25) is 0 Å². The Morgan fingerprint density at radius 3 is 2.05 bits per heavy atom. The van der Waals surface area contributed by atoms with Gasteiger partial charge in [-0.15, -0.1) is 0 Å². The summed E-state index contributed by atoms with van der Waals surface area (Å²) in [5.41, 5.74) is 0.290. The van der Waals surface area contributed by atoms with Crippen molar-refractivity contribution in [1.82, 2.24) is 4.90 Å². The predicted molar refractivity (Wildman–Crippen MR) is 95.1 cm³/mol. The lowest BCUT2D eigenvalue weighted by Gasteiger charge is -2.20. The van der Waals surface area contributed by atoms with Crippen LogP contribution in [-0.2, 0) is 0 Å². The van der Waals surface area contributed by atoms with Crippen LogP contribution in [0.4, 0.5) is 0 Å². The van der Waals surface area contributed by atoms with Gasteiger partial charge in [-0.25, -0.2) is 0 Å². The molecule has 0 aliphatic heterocycles. The van der Waals surface area contributed by atoms with E-state index in [2.05, 4.69) is 70.2 Å². The van der Waals surface area contributed by atoms with Gasteiger partial charge in [-0.3, -0.25) is 0 Å². The van der Waals surface area contributed by atoms with Crippen molar-refractivity contribution in [1.29, 1.82) is 0 Å². The van der Waals surface area contributed by atoms with E-state index in [1.807, 2.05) is 0 Å². The largest absolute Gasteiger partial charge is 0.304 e. The van der Waals surface area contributed by atoms with Gasteiger partial charge in [0.25, 0.3) is 0 Å². The zero-order valence-corrected chi connectivity index (χ0v) is 15.2. The van der Waals surface area contributed by atoms with Gasteiger partial charge in [-0.1, -0.05) is 51.9 Å². The molecule has 120 valence electrons.